The molecule has 4 rings (SSSR count). The van der Waals surface area contributed by atoms with E-state index < -0.39 is 0 Å². The Morgan fingerprint density at radius 1 is 1.18 bits per heavy atom. The molecule has 0 radical (unpaired) electrons. The Bertz CT molecular complexity index is 885. The Morgan fingerprint density at radius 3 is 2.82 bits per heavy atom. The number of carbonyl (C=O) groups is 1. The van der Waals surface area contributed by atoms with Crippen molar-refractivity contribution < 1.29 is 9.53 Å². The number of para-hydroxylation sites is 1. The topological polar surface area (TPSA) is 67.3 Å². The number of piperidine rings is 1. The number of nitrogens with zero attached hydrogens (tertiary/aromatic N) is 3. The Hall–Kier alpha value is -2.77. The van der Waals surface area contributed by atoms with Crippen molar-refractivity contribution in [2.45, 2.75) is 31.8 Å². The van der Waals surface area contributed by atoms with E-state index in [0.29, 0.717) is 11.6 Å². The molecule has 0 bridgehead atoms. The van der Waals surface area contributed by atoms with Crippen molar-refractivity contribution in [3.05, 3.63) is 65.2 Å². The van der Waals surface area contributed by atoms with E-state index in [1.807, 2.05) is 48.1 Å². The second kappa shape index (κ2) is 8.95. The first kappa shape index (κ1) is 18.6. The molecule has 1 saturated heterocycles. The molecule has 144 valence electrons. The zero-order valence-electron chi connectivity index (χ0n) is 15.5. The lowest BCUT2D eigenvalue weighted by Gasteiger charge is -2.34. The van der Waals surface area contributed by atoms with Crippen LogP contribution in [0.5, 0.6) is 11.6 Å². The minimum Gasteiger partial charge on any atom is -0.439 e. The van der Waals surface area contributed by atoms with Crippen molar-refractivity contribution in [1.29, 1.82) is 0 Å². The van der Waals surface area contributed by atoms with Gasteiger partial charge in [-0.05, 0) is 37.6 Å². The lowest BCUT2D eigenvalue weighted by atomic mass is 10.0. The number of carbonyl (C=O) groups excluding carboxylic acids is 1. The molecule has 0 unspecified atom stereocenters. The first-order valence-corrected chi connectivity index (χ1v) is 10.3. The molecule has 3 heterocycles. The van der Waals surface area contributed by atoms with Gasteiger partial charge in [-0.3, -0.25) is 14.7 Å². The molecule has 7 heteroatoms. The van der Waals surface area contributed by atoms with Gasteiger partial charge < -0.3 is 10.1 Å². The standard InChI is InChI=1S/C21H22N4O2S/c26-21(19-8-4-5-11-25(19)14-18-13-22-15-28-18)24-16-9-10-20(23-12-16)27-17-6-2-1-3-7-17/h1-3,6-7,9-10,12-13,15,19H,4-5,8,11,14H2,(H,24,26)/t19-/m0/s1. The van der Waals surface area contributed by atoms with Gasteiger partial charge in [0.25, 0.3) is 0 Å². The highest BCUT2D eigenvalue weighted by Crippen LogP contribution is 2.23. The number of ether oxygens (including phenoxy) is 1. The van der Waals surface area contributed by atoms with Crippen molar-refractivity contribution in [3.63, 3.8) is 0 Å². The van der Waals surface area contributed by atoms with Gasteiger partial charge in [0.05, 0.1) is 23.4 Å². The van der Waals surface area contributed by atoms with Gasteiger partial charge in [0.15, 0.2) is 0 Å². The number of pyridine rings is 1. The number of aromatic nitrogens is 2. The fraction of sp³-hybridized carbons (Fsp3) is 0.286. The van der Waals surface area contributed by atoms with Gasteiger partial charge in [-0.15, -0.1) is 11.3 Å². The normalized spacial score (nSPS) is 17.2. The van der Waals surface area contributed by atoms with Crippen LogP contribution in [-0.2, 0) is 11.3 Å². The minimum absolute atomic E-state index is 0.0164. The highest BCUT2D eigenvalue weighted by Gasteiger charge is 2.29. The van der Waals surface area contributed by atoms with Crippen molar-refractivity contribution in [2.24, 2.45) is 0 Å². The predicted octanol–water partition coefficient (Wildman–Crippen LogP) is 4.32. The lowest BCUT2D eigenvalue weighted by Crippen LogP contribution is -2.46. The van der Waals surface area contributed by atoms with Crippen molar-refractivity contribution >= 4 is 22.9 Å². The monoisotopic (exact) mass is 394 g/mol. The largest absolute Gasteiger partial charge is 0.439 e. The van der Waals surface area contributed by atoms with Crippen LogP contribution in [0.15, 0.2) is 60.4 Å². The average Bonchev–Trinajstić information content (AvgIpc) is 3.24. The SMILES string of the molecule is O=C(Nc1ccc(Oc2ccccc2)nc1)[C@@H]1CCCCN1Cc1cncs1. The molecule has 0 aliphatic carbocycles. The summed E-state index contributed by atoms with van der Waals surface area (Å²) in [5, 5.41) is 3.00. The molecule has 0 spiro atoms. The van der Waals surface area contributed by atoms with Gasteiger partial charge in [-0.2, -0.15) is 0 Å². The molecule has 1 aliphatic rings. The summed E-state index contributed by atoms with van der Waals surface area (Å²) >= 11 is 1.63. The maximum Gasteiger partial charge on any atom is 0.241 e. The van der Waals surface area contributed by atoms with Crippen LogP contribution in [0.25, 0.3) is 0 Å². The first-order valence-electron chi connectivity index (χ1n) is 9.39. The molecule has 1 N–H and O–H groups in total. The van der Waals surface area contributed by atoms with Gasteiger partial charge in [0.2, 0.25) is 11.8 Å². The maximum absolute atomic E-state index is 12.9. The lowest BCUT2D eigenvalue weighted by molar-refractivity contribution is -0.122. The zero-order valence-corrected chi connectivity index (χ0v) is 16.3. The zero-order chi connectivity index (χ0) is 19.2. The molecule has 6 nitrogen and oxygen atoms in total. The molecule has 0 saturated carbocycles. The molecule has 2 aromatic heterocycles. The minimum atomic E-state index is -0.129. The van der Waals surface area contributed by atoms with Crippen LogP contribution in [0.1, 0.15) is 24.1 Å². The summed E-state index contributed by atoms with van der Waals surface area (Å²) in [6.07, 6.45) is 6.57. The van der Waals surface area contributed by atoms with E-state index in [1.165, 1.54) is 4.88 Å². The van der Waals surface area contributed by atoms with Crippen molar-refractivity contribution in [1.82, 2.24) is 14.9 Å². The number of rotatable bonds is 6. The van der Waals surface area contributed by atoms with Gasteiger partial charge in [-0.1, -0.05) is 24.6 Å². The Balaban J connectivity index is 1.37. The molecule has 3 aromatic rings. The maximum atomic E-state index is 12.9. The van der Waals surface area contributed by atoms with Crippen LogP contribution in [0.3, 0.4) is 0 Å². The number of thiazole rings is 1. The van der Waals surface area contributed by atoms with Crippen molar-refractivity contribution in [3.8, 4) is 11.6 Å². The van der Waals surface area contributed by atoms with Crippen LogP contribution in [0.2, 0.25) is 0 Å². The van der Waals surface area contributed by atoms with Crippen LogP contribution in [0, 0.1) is 0 Å². The van der Waals surface area contributed by atoms with E-state index in [-0.39, 0.29) is 11.9 Å². The number of hydrogen-bond acceptors (Lipinski definition) is 6. The number of nitrogens with one attached hydrogen (secondary N) is 1. The van der Waals surface area contributed by atoms with Gasteiger partial charge in [0, 0.05) is 23.7 Å². The smallest absolute Gasteiger partial charge is 0.241 e. The number of anilines is 1. The summed E-state index contributed by atoms with van der Waals surface area (Å²) in [6, 6.07) is 12.9. The van der Waals surface area contributed by atoms with Crippen LogP contribution in [0.4, 0.5) is 5.69 Å². The highest BCUT2D eigenvalue weighted by molar-refractivity contribution is 7.09. The second-order valence-corrected chi connectivity index (χ2v) is 7.71. The summed E-state index contributed by atoms with van der Waals surface area (Å²) in [4.78, 5) is 24.7. The highest BCUT2D eigenvalue weighted by atomic mass is 32.1. The fourth-order valence-electron chi connectivity index (χ4n) is 3.35. The summed E-state index contributed by atoms with van der Waals surface area (Å²) in [5.74, 6) is 1.24. The predicted molar refractivity (Wildman–Crippen MR) is 110 cm³/mol. The molecule has 28 heavy (non-hydrogen) atoms. The van der Waals surface area contributed by atoms with E-state index in [0.717, 1.165) is 38.1 Å². The third-order valence-corrected chi connectivity index (χ3v) is 5.49. The van der Waals surface area contributed by atoms with E-state index in [2.05, 4.69) is 20.2 Å². The molecular weight excluding hydrogens is 372 g/mol. The molecular formula is C21H22N4O2S. The fourth-order valence-corrected chi connectivity index (χ4v) is 3.97. The van der Waals surface area contributed by atoms with E-state index >= 15 is 0 Å². The van der Waals surface area contributed by atoms with E-state index in [9.17, 15) is 4.79 Å². The molecule has 1 aliphatic heterocycles. The van der Waals surface area contributed by atoms with Crippen LogP contribution in [-0.4, -0.2) is 33.4 Å². The quantitative estimate of drug-likeness (QED) is 0.674. The summed E-state index contributed by atoms with van der Waals surface area (Å²) in [7, 11) is 0. The number of amides is 1. The first-order chi connectivity index (χ1) is 13.8. The van der Waals surface area contributed by atoms with Gasteiger partial charge in [0.1, 0.15) is 5.75 Å². The third kappa shape index (κ3) is 4.74. The summed E-state index contributed by atoms with van der Waals surface area (Å²) in [6.45, 7) is 1.70. The van der Waals surface area contributed by atoms with E-state index in [4.69, 9.17) is 4.74 Å². The summed E-state index contributed by atoms with van der Waals surface area (Å²) < 4.78 is 5.69. The Morgan fingerprint density at radius 2 is 2.07 bits per heavy atom. The van der Waals surface area contributed by atoms with Crippen molar-refractivity contribution in [2.75, 3.05) is 11.9 Å². The molecule has 1 amide bonds. The van der Waals surface area contributed by atoms with Gasteiger partial charge >= 0.3 is 0 Å². The number of likely N-dealkylation sites (tertiary alicyclic amines) is 1. The van der Waals surface area contributed by atoms with E-state index in [1.54, 1.807) is 23.6 Å². The van der Waals surface area contributed by atoms with Crippen LogP contribution < -0.4 is 10.1 Å². The number of benzene rings is 1. The average molecular weight is 395 g/mol. The third-order valence-electron chi connectivity index (χ3n) is 4.73. The molecule has 1 aromatic carbocycles. The Kier molecular flexibility index (Phi) is 5.94. The van der Waals surface area contributed by atoms with Gasteiger partial charge in [-0.25, -0.2) is 4.98 Å². The Labute approximate surface area is 168 Å². The number of hydrogen-bond donors (Lipinski definition) is 1. The second-order valence-electron chi connectivity index (χ2n) is 6.74. The molecule has 1 atom stereocenters. The summed E-state index contributed by atoms with van der Waals surface area (Å²) in [5.41, 5.74) is 2.51. The van der Waals surface area contributed by atoms with Crippen LogP contribution >= 0.6 is 11.3 Å². The molecule has 1 fully saturated rings.